The van der Waals surface area contributed by atoms with Gasteiger partial charge in [0.2, 0.25) is 5.91 Å². The Bertz CT molecular complexity index is 724. The summed E-state index contributed by atoms with van der Waals surface area (Å²) in [4.78, 5) is 14.2. The van der Waals surface area contributed by atoms with Crippen LogP contribution in [0.2, 0.25) is 0 Å². The van der Waals surface area contributed by atoms with Crippen LogP contribution in [-0.4, -0.2) is 41.8 Å². The van der Waals surface area contributed by atoms with Gasteiger partial charge >= 0.3 is 6.29 Å². The second kappa shape index (κ2) is 4.42. The van der Waals surface area contributed by atoms with Crippen molar-refractivity contribution in [1.82, 2.24) is 9.47 Å². The first kappa shape index (κ1) is 13.8. The third kappa shape index (κ3) is 2.23. The molecule has 5 nitrogen and oxygen atoms in total. The van der Waals surface area contributed by atoms with Crippen LogP contribution in [0.25, 0.3) is 10.9 Å². The van der Waals surface area contributed by atoms with Gasteiger partial charge in [0.15, 0.2) is 11.5 Å². The van der Waals surface area contributed by atoms with Gasteiger partial charge in [0.1, 0.15) is 0 Å². The third-order valence-electron chi connectivity index (χ3n) is 3.58. The zero-order valence-corrected chi connectivity index (χ0v) is 11.8. The van der Waals surface area contributed by atoms with Crippen LogP contribution in [0, 0.1) is 0 Å². The number of hydrogen-bond acceptors (Lipinski definition) is 4. The highest BCUT2D eigenvalue weighted by atomic mass is 19.3. The maximum atomic E-state index is 13.1. The molecule has 112 valence electrons. The minimum atomic E-state index is -3.66. The standard InChI is InChI=1S/C14H14F2N2O3/c1-8(17(2)3)13(19)18-5-4-9-6-11-12(7-10(9)18)21-14(15,16)20-11/h4-8H,1-3H3/t8-/m0/s1. The van der Waals surface area contributed by atoms with Gasteiger partial charge in [0.25, 0.3) is 0 Å². The zero-order chi connectivity index (χ0) is 15.4. The molecule has 0 radical (unpaired) electrons. The first-order chi connectivity index (χ1) is 9.78. The second-order valence-electron chi connectivity index (χ2n) is 5.19. The molecule has 7 heteroatoms. The van der Waals surface area contributed by atoms with Crippen LogP contribution in [0.4, 0.5) is 8.78 Å². The summed E-state index contributed by atoms with van der Waals surface area (Å²) in [5, 5.41) is 0.634. The van der Waals surface area contributed by atoms with E-state index in [0.717, 1.165) is 0 Å². The molecule has 1 atom stereocenters. The van der Waals surface area contributed by atoms with Gasteiger partial charge in [0.05, 0.1) is 11.6 Å². The van der Waals surface area contributed by atoms with Gasteiger partial charge in [-0.25, -0.2) is 0 Å². The molecule has 3 rings (SSSR count). The predicted octanol–water partition coefficient (Wildman–Crippen LogP) is 2.55. The summed E-state index contributed by atoms with van der Waals surface area (Å²) in [6.45, 7) is 1.77. The number of ether oxygens (including phenoxy) is 2. The molecule has 0 fully saturated rings. The predicted molar refractivity (Wildman–Crippen MR) is 71.9 cm³/mol. The molecule has 0 unspecified atom stereocenters. The maximum Gasteiger partial charge on any atom is 0.586 e. The van der Waals surface area contributed by atoms with E-state index in [9.17, 15) is 13.6 Å². The molecule has 2 heterocycles. The Morgan fingerprint density at radius 3 is 2.52 bits per heavy atom. The van der Waals surface area contributed by atoms with Crippen LogP contribution >= 0.6 is 0 Å². The van der Waals surface area contributed by atoms with E-state index in [1.807, 2.05) is 0 Å². The molecular formula is C14H14F2N2O3. The van der Waals surface area contributed by atoms with E-state index in [4.69, 9.17) is 0 Å². The maximum absolute atomic E-state index is 13.1. The van der Waals surface area contributed by atoms with Crippen LogP contribution in [-0.2, 0) is 0 Å². The molecule has 2 aromatic rings. The van der Waals surface area contributed by atoms with Crippen molar-refractivity contribution in [2.75, 3.05) is 14.1 Å². The summed E-state index contributed by atoms with van der Waals surface area (Å²) < 4.78 is 36.4. The van der Waals surface area contributed by atoms with Gasteiger partial charge in [-0.2, -0.15) is 0 Å². The monoisotopic (exact) mass is 296 g/mol. The molecule has 0 bridgehead atoms. The number of carbonyl (C=O) groups excluding carboxylic acids is 1. The van der Waals surface area contributed by atoms with Crippen LogP contribution < -0.4 is 9.47 Å². The molecule has 1 aromatic carbocycles. The van der Waals surface area contributed by atoms with Crippen molar-refractivity contribution in [3.63, 3.8) is 0 Å². The van der Waals surface area contributed by atoms with Crippen molar-refractivity contribution >= 4 is 16.8 Å². The van der Waals surface area contributed by atoms with Gasteiger partial charge in [-0.15, -0.1) is 8.78 Å². The number of alkyl halides is 2. The Balaban J connectivity index is 2.06. The highest BCUT2D eigenvalue weighted by Gasteiger charge is 2.43. The van der Waals surface area contributed by atoms with E-state index in [1.165, 1.54) is 16.7 Å². The van der Waals surface area contributed by atoms with E-state index < -0.39 is 6.29 Å². The topological polar surface area (TPSA) is 43.7 Å². The Morgan fingerprint density at radius 1 is 1.29 bits per heavy atom. The van der Waals surface area contributed by atoms with E-state index >= 15 is 0 Å². The molecule has 0 N–H and O–H groups in total. The molecule has 0 amide bonds. The lowest BCUT2D eigenvalue weighted by atomic mass is 10.2. The number of hydrogen-bond donors (Lipinski definition) is 0. The summed E-state index contributed by atoms with van der Waals surface area (Å²) in [5.41, 5.74) is 0.508. The normalized spacial score (nSPS) is 17.4. The van der Waals surface area contributed by atoms with Crippen molar-refractivity contribution in [3.05, 3.63) is 24.4 Å². The Hall–Kier alpha value is -2.15. The molecule has 1 aliphatic heterocycles. The Kier molecular flexibility index (Phi) is 2.91. The van der Waals surface area contributed by atoms with Gasteiger partial charge in [-0.3, -0.25) is 14.3 Å². The minimum absolute atomic E-state index is 0.0293. The summed E-state index contributed by atoms with van der Waals surface area (Å²) in [6.07, 6.45) is -2.05. The largest absolute Gasteiger partial charge is 0.586 e. The fourth-order valence-corrected chi connectivity index (χ4v) is 2.19. The number of likely N-dealkylation sites (N-methyl/N-ethyl adjacent to an activating group) is 1. The van der Waals surface area contributed by atoms with Crippen LogP contribution in [0.1, 0.15) is 11.7 Å². The summed E-state index contributed by atoms with van der Waals surface area (Å²) >= 11 is 0. The number of fused-ring (bicyclic) bond motifs is 2. The van der Waals surface area contributed by atoms with Crippen molar-refractivity contribution in [1.29, 1.82) is 0 Å². The van der Waals surface area contributed by atoms with E-state index in [0.29, 0.717) is 10.9 Å². The van der Waals surface area contributed by atoms with Crippen LogP contribution in [0.5, 0.6) is 11.5 Å². The molecule has 0 aliphatic carbocycles. The lowest BCUT2D eigenvalue weighted by Gasteiger charge is -2.19. The summed E-state index contributed by atoms with van der Waals surface area (Å²) in [5.74, 6) is -0.253. The van der Waals surface area contributed by atoms with E-state index in [1.54, 1.807) is 38.2 Å². The average Bonchev–Trinajstić information content (AvgIpc) is 2.91. The fourth-order valence-electron chi connectivity index (χ4n) is 2.19. The number of benzene rings is 1. The molecule has 1 aromatic heterocycles. The molecule has 1 aliphatic rings. The van der Waals surface area contributed by atoms with Crippen LogP contribution in [0.3, 0.4) is 0 Å². The van der Waals surface area contributed by atoms with Gasteiger partial charge in [-0.05, 0) is 33.2 Å². The lowest BCUT2D eigenvalue weighted by molar-refractivity contribution is -0.286. The second-order valence-corrected chi connectivity index (χ2v) is 5.19. The first-order valence-electron chi connectivity index (χ1n) is 6.40. The molecule has 0 saturated carbocycles. The van der Waals surface area contributed by atoms with Crippen molar-refractivity contribution in [2.24, 2.45) is 0 Å². The van der Waals surface area contributed by atoms with Crippen molar-refractivity contribution in [3.8, 4) is 11.5 Å². The highest BCUT2D eigenvalue weighted by Crippen LogP contribution is 2.43. The van der Waals surface area contributed by atoms with Crippen molar-refractivity contribution < 1.29 is 23.0 Å². The molecular weight excluding hydrogens is 282 g/mol. The lowest BCUT2D eigenvalue weighted by Crippen LogP contribution is -2.36. The highest BCUT2D eigenvalue weighted by molar-refractivity contribution is 5.96. The van der Waals surface area contributed by atoms with Crippen LogP contribution in [0.15, 0.2) is 24.4 Å². The Morgan fingerprint density at radius 2 is 1.90 bits per heavy atom. The van der Waals surface area contributed by atoms with Gasteiger partial charge in [0, 0.05) is 17.6 Å². The van der Waals surface area contributed by atoms with Gasteiger partial charge < -0.3 is 9.47 Å². The summed E-state index contributed by atoms with van der Waals surface area (Å²) in [6, 6.07) is 4.17. The van der Waals surface area contributed by atoms with E-state index in [2.05, 4.69) is 9.47 Å². The zero-order valence-electron chi connectivity index (χ0n) is 11.8. The molecule has 0 saturated heterocycles. The number of aromatic nitrogens is 1. The quantitative estimate of drug-likeness (QED) is 0.854. The number of rotatable bonds is 2. The summed E-state index contributed by atoms with van der Waals surface area (Å²) in [7, 11) is 3.59. The molecule has 0 spiro atoms. The van der Waals surface area contributed by atoms with Crippen molar-refractivity contribution in [2.45, 2.75) is 19.3 Å². The fraction of sp³-hybridized carbons (Fsp3) is 0.357. The third-order valence-corrected chi connectivity index (χ3v) is 3.58. The SMILES string of the molecule is C[C@@H](C(=O)n1ccc2cc3c(cc21)OC(F)(F)O3)N(C)C. The average molecular weight is 296 g/mol. The first-order valence-corrected chi connectivity index (χ1v) is 6.40. The van der Waals surface area contributed by atoms with E-state index in [-0.39, 0.29) is 23.4 Å². The number of nitrogens with zero attached hydrogens (tertiary/aromatic N) is 2. The number of carbonyl (C=O) groups is 1. The Labute approximate surface area is 119 Å². The number of halogens is 2. The molecule has 21 heavy (non-hydrogen) atoms. The van der Waals surface area contributed by atoms with Gasteiger partial charge in [-0.1, -0.05) is 0 Å². The minimum Gasteiger partial charge on any atom is -0.395 e. The smallest absolute Gasteiger partial charge is 0.395 e.